The van der Waals surface area contributed by atoms with Crippen LogP contribution in [-0.2, 0) is 4.79 Å². The lowest BCUT2D eigenvalue weighted by molar-refractivity contribution is -0.133. The minimum Gasteiger partial charge on any atom is -0.299 e. The van der Waals surface area contributed by atoms with Crippen LogP contribution < -0.4 is 0 Å². The zero-order chi connectivity index (χ0) is 11.9. The van der Waals surface area contributed by atoms with E-state index >= 15 is 0 Å². The average molecular weight is 220 g/mol. The Morgan fingerprint density at radius 3 is 2.69 bits per heavy atom. The first-order valence-corrected chi connectivity index (χ1v) is 6.62. The summed E-state index contributed by atoms with van der Waals surface area (Å²) in [5, 5.41) is 0. The Kier molecular flexibility index (Phi) is 2.98. The van der Waals surface area contributed by atoms with Gasteiger partial charge in [-0.1, -0.05) is 32.4 Å². The molecule has 2 aliphatic rings. The molecular formula is C15H24O. The summed E-state index contributed by atoms with van der Waals surface area (Å²) in [4.78, 5) is 12.6. The first-order chi connectivity index (χ1) is 7.42. The van der Waals surface area contributed by atoms with Gasteiger partial charge in [-0.2, -0.15) is 0 Å². The Labute approximate surface area is 99.3 Å². The highest BCUT2D eigenvalue weighted by atomic mass is 16.1. The van der Waals surface area contributed by atoms with E-state index in [1.807, 2.05) is 0 Å². The van der Waals surface area contributed by atoms with Crippen molar-refractivity contribution >= 4 is 5.78 Å². The van der Waals surface area contributed by atoms with Gasteiger partial charge in [0, 0.05) is 11.3 Å². The first-order valence-electron chi connectivity index (χ1n) is 6.62. The molecule has 16 heavy (non-hydrogen) atoms. The maximum Gasteiger partial charge on any atom is 0.142 e. The van der Waals surface area contributed by atoms with Crippen LogP contribution in [0.15, 0.2) is 11.6 Å². The standard InChI is InChI=1S/C15H24O/c1-10-7-8-15(3,4)14(16)13-11(2)5-6-12(13)9-10/h7,11-13H,5-6,8-9H2,1-4H3/b10-7-/t11-,12-,13-/m1/s1. The molecule has 0 heterocycles. The van der Waals surface area contributed by atoms with Gasteiger partial charge < -0.3 is 0 Å². The molecule has 0 spiro atoms. The third-order valence-corrected chi connectivity index (χ3v) is 4.63. The quantitative estimate of drug-likeness (QED) is 0.564. The van der Waals surface area contributed by atoms with E-state index in [0.717, 1.165) is 12.8 Å². The number of allylic oxidation sites excluding steroid dienone is 2. The topological polar surface area (TPSA) is 17.1 Å². The first kappa shape index (κ1) is 11.9. The lowest BCUT2D eigenvalue weighted by atomic mass is 9.70. The molecule has 0 aliphatic heterocycles. The van der Waals surface area contributed by atoms with Crippen LogP contribution >= 0.6 is 0 Å². The number of rotatable bonds is 0. The third kappa shape index (κ3) is 1.97. The molecule has 2 rings (SSSR count). The molecule has 1 fully saturated rings. The van der Waals surface area contributed by atoms with Crippen molar-refractivity contribution < 1.29 is 4.79 Å². The van der Waals surface area contributed by atoms with Crippen molar-refractivity contribution in [2.75, 3.05) is 0 Å². The molecule has 0 aromatic heterocycles. The maximum atomic E-state index is 12.6. The van der Waals surface area contributed by atoms with E-state index in [1.54, 1.807) is 0 Å². The monoisotopic (exact) mass is 220 g/mol. The molecule has 1 heteroatoms. The highest BCUT2D eigenvalue weighted by molar-refractivity contribution is 5.87. The lowest BCUT2D eigenvalue weighted by Gasteiger charge is -2.33. The summed E-state index contributed by atoms with van der Waals surface area (Å²) in [7, 11) is 0. The van der Waals surface area contributed by atoms with E-state index in [4.69, 9.17) is 0 Å². The van der Waals surface area contributed by atoms with Crippen LogP contribution in [0.4, 0.5) is 0 Å². The largest absolute Gasteiger partial charge is 0.299 e. The van der Waals surface area contributed by atoms with E-state index in [-0.39, 0.29) is 5.41 Å². The normalized spacial score (nSPS) is 41.9. The van der Waals surface area contributed by atoms with E-state index in [2.05, 4.69) is 33.8 Å². The third-order valence-electron chi connectivity index (χ3n) is 4.63. The van der Waals surface area contributed by atoms with Crippen molar-refractivity contribution in [3.63, 3.8) is 0 Å². The molecule has 0 unspecified atom stereocenters. The summed E-state index contributed by atoms with van der Waals surface area (Å²) in [5.41, 5.74) is 1.34. The van der Waals surface area contributed by atoms with Crippen molar-refractivity contribution in [3.05, 3.63) is 11.6 Å². The van der Waals surface area contributed by atoms with Crippen LogP contribution in [-0.4, -0.2) is 5.78 Å². The summed E-state index contributed by atoms with van der Waals surface area (Å²) >= 11 is 0. The second kappa shape index (κ2) is 4.01. The van der Waals surface area contributed by atoms with Gasteiger partial charge in [0.1, 0.15) is 5.78 Å². The van der Waals surface area contributed by atoms with Crippen molar-refractivity contribution in [3.8, 4) is 0 Å². The molecule has 0 saturated heterocycles. The van der Waals surface area contributed by atoms with Crippen molar-refractivity contribution in [1.29, 1.82) is 0 Å². The molecule has 90 valence electrons. The number of carbonyl (C=O) groups is 1. The zero-order valence-corrected chi connectivity index (χ0v) is 11.0. The molecule has 0 amide bonds. The summed E-state index contributed by atoms with van der Waals surface area (Å²) in [6.45, 7) is 8.73. The summed E-state index contributed by atoms with van der Waals surface area (Å²) in [6, 6.07) is 0. The van der Waals surface area contributed by atoms with Crippen molar-refractivity contribution in [1.82, 2.24) is 0 Å². The molecule has 1 nitrogen and oxygen atoms in total. The predicted molar refractivity (Wildman–Crippen MR) is 67.2 cm³/mol. The van der Waals surface area contributed by atoms with Crippen LogP contribution in [0.2, 0.25) is 0 Å². The molecule has 3 atom stereocenters. The highest BCUT2D eigenvalue weighted by Gasteiger charge is 2.44. The smallest absolute Gasteiger partial charge is 0.142 e. The lowest BCUT2D eigenvalue weighted by Crippen LogP contribution is -2.36. The van der Waals surface area contributed by atoms with Crippen LogP contribution in [0.3, 0.4) is 0 Å². The average Bonchev–Trinajstić information content (AvgIpc) is 2.55. The maximum absolute atomic E-state index is 12.6. The predicted octanol–water partition coefficient (Wildman–Crippen LogP) is 3.98. The SMILES string of the molecule is C/C1=C/CC(C)(C)C(=O)[C@H]2[C@H](CC[C@H]2C)C1. The molecule has 1 saturated carbocycles. The summed E-state index contributed by atoms with van der Waals surface area (Å²) in [6.07, 6.45) is 6.85. The second-order valence-electron chi connectivity index (χ2n) is 6.55. The fourth-order valence-corrected chi connectivity index (χ4v) is 3.48. The summed E-state index contributed by atoms with van der Waals surface area (Å²) < 4.78 is 0. The van der Waals surface area contributed by atoms with Gasteiger partial charge in [0.05, 0.1) is 0 Å². The van der Waals surface area contributed by atoms with Gasteiger partial charge in [-0.25, -0.2) is 0 Å². The number of fused-ring (bicyclic) bond motifs is 1. The van der Waals surface area contributed by atoms with E-state index in [9.17, 15) is 4.79 Å². The van der Waals surface area contributed by atoms with Crippen LogP contribution in [0.5, 0.6) is 0 Å². The van der Waals surface area contributed by atoms with Crippen LogP contribution in [0, 0.1) is 23.2 Å². The fourth-order valence-electron chi connectivity index (χ4n) is 3.48. The molecule has 0 aromatic rings. The van der Waals surface area contributed by atoms with Gasteiger partial charge in [0.15, 0.2) is 0 Å². The van der Waals surface area contributed by atoms with Crippen molar-refractivity contribution in [2.45, 2.75) is 53.4 Å². The number of hydrogen-bond donors (Lipinski definition) is 0. The van der Waals surface area contributed by atoms with Crippen LogP contribution in [0.1, 0.15) is 53.4 Å². The molecule has 0 bridgehead atoms. The zero-order valence-electron chi connectivity index (χ0n) is 11.0. The number of Topliss-reactive ketones (excluding diaryl/α,β-unsaturated/α-hetero) is 1. The minimum atomic E-state index is -0.150. The molecular weight excluding hydrogens is 196 g/mol. The highest BCUT2D eigenvalue weighted by Crippen LogP contribution is 2.46. The van der Waals surface area contributed by atoms with Gasteiger partial charge in [-0.05, 0) is 44.4 Å². The summed E-state index contributed by atoms with van der Waals surface area (Å²) in [5.74, 6) is 2.07. The van der Waals surface area contributed by atoms with Gasteiger partial charge >= 0.3 is 0 Å². The Morgan fingerprint density at radius 2 is 2.00 bits per heavy atom. The number of carbonyl (C=O) groups excluding carboxylic acids is 1. The second-order valence-corrected chi connectivity index (χ2v) is 6.55. The molecule has 0 aromatic carbocycles. The van der Waals surface area contributed by atoms with E-state index < -0.39 is 0 Å². The van der Waals surface area contributed by atoms with Gasteiger partial charge in [-0.15, -0.1) is 0 Å². The van der Waals surface area contributed by atoms with E-state index in [0.29, 0.717) is 23.5 Å². The van der Waals surface area contributed by atoms with Crippen molar-refractivity contribution in [2.24, 2.45) is 23.2 Å². The Hall–Kier alpha value is -0.590. The van der Waals surface area contributed by atoms with Gasteiger partial charge in [0.25, 0.3) is 0 Å². The van der Waals surface area contributed by atoms with E-state index in [1.165, 1.54) is 18.4 Å². The molecule has 2 aliphatic carbocycles. The Balaban J connectivity index is 2.34. The molecule has 0 radical (unpaired) electrons. The Bertz CT molecular complexity index is 324. The fraction of sp³-hybridized carbons (Fsp3) is 0.800. The van der Waals surface area contributed by atoms with Crippen LogP contribution in [0.25, 0.3) is 0 Å². The number of hydrogen-bond acceptors (Lipinski definition) is 1. The Morgan fingerprint density at radius 1 is 1.31 bits per heavy atom. The van der Waals surface area contributed by atoms with Gasteiger partial charge in [-0.3, -0.25) is 4.79 Å². The van der Waals surface area contributed by atoms with Gasteiger partial charge in [0.2, 0.25) is 0 Å². The molecule has 0 N–H and O–H groups in total. The number of ketones is 1. The minimum absolute atomic E-state index is 0.150.